The van der Waals surface area contributed by atoms with Crippen LogP contribution < -0.4 is 0 Å². The Morgan fingerprint density at radius 3 is 2.44 bits per heavy atom. The highest BCUT2D eigenvalue weighted by molar-refractivity contribution is 9.09. The summed E-state index contributed by atoms with van der Waals surface area (Å²) in [6, 6.07) is 0. The first-order valence-electron chi connectivity index (χ1n) is 1.95. The number of alkyl halides is 1. The Morgan fingerprint density at radius 2 is 2.33 bits per heavy atom. The van der Waals surface area contributed by atoms with Crippen LogP contribution in [-0.4, -0.2) is 23.0 Å². The molecular weight excluding hydrogens is 194 g/mol. The maximum Gasteiger partial charge on any atom is 0.393 e. The molecule has 0 saturated heterocycles. The number of ether oxygens (including phenoxy) is 1. The van der Waals surface area contributed by atoms with E-state index in [2.05, 4.69) is 20.7 Å². The minimum absolute atomic E-state index is 0.786. The summed E-state index contributed by atoms with van der Waals surface area (Å²) in [7, 11) is 1.08. The van der Waals surface area contributed by atoms with Crippen LogP contribution >= 0.6 is 15.9 Å². The first-order chi connectivity index (χ1) is 4.09. The molecule has 5 nitrogen and oxygen atoms in total. The van der Waals surface area contributed by atoms with Crippen LogP contribution in [0.4, 0.5) is 0 Å². The Labute approximate surface area is 59.3 Å². The van der Waals surface area contributed by atoms with Crippen LogP contribution in [0, 0.1) is 10.1 Å². The summed E-state index contributed by atoms with van der Waals surface area (Å²) >= 11 is 2.49. The van der Waals surface area contributed by atoms with Crippen molar-refractivity contribution in [1.29, 1.82) is 0 Å². The van der Waals surface area contributed by atoms with Crippen molar-refractivity contribution in [3.8, 4) is 0 Å². The van der Waals surface area contributed by atoms with E-state index in [1.807, 2.05) is 0 Å². The number of carbonyl (C=O) groups excluding carboxylic acids is 1. The second-order valence-corrected chi connectivity index (χ2v) is 2.01. The standard InChI is InChI=1S/C3H4BrNO4/c1-9-3(6)2(4)5(7)8/h2H,1H3. The van der Waals surface area contributed by atoms with Gasteiger partial charge in [-0.25, -0.2) is 4.79 Å². The lowest BCUT2D eigenvalue weighted by atomic mass is 10.7. The van der Waals surface area contributed by atoms with E-state index in [0.717, 1.165) is 7.11 Å². The SMILES string of the molecule is COC(=O)C(Br)[N+](=O)[O-]. The minimum Gasteiger partial charge on any atom is -0.463 e. The molecule has 0 spiro atoms. The second-order valence-electron chi connectivity index (χ2n) is 1.14. The van der Waals surface area contributed by atoms with E-state index in [4.69, 9.17) is 0 Å². The van der Waals surface area contributed by atoms with E-state index in [0.29, 0.717) is 0 Å². The van der Waals surface area contributed by atoms with Crippen molar-refractivity contribution in [3.63, 3.8) is 0 Å². The quantitative estimate of drug-likeness (QED) is 0.208. The van der Waals surface area contributed by atoms with Gasteiger partial charge in [0.1, 0.15) is 0 Å². The Morgan fingerprint density at radius 1 is 1.89 bits per heavy atom. The summed E-state index contributed by atoms with van der Waals surface area (Å²) in [6.07, 6.45) is 0. The van der Waals surface area contributed by atoms with Gasteiger partial charge in [0.15, 0.2) is 0 Å². The zero-order chi connectivity index (χ0) is 7.44. The first kappa shape index (κ1) is 8.35. The number of hydrogen-bond acceptors (Lipinski definition) is 4. The smallest absolute Gasteiger partial charge is 0.393 e. The molecule has 0 N–H and O–H groups in total. The molecule has 0 aliphatic heterocycles. The fourth-order valence-electron chi connectivity index (χ4n) is 0.183. The molecule has 0 aliphatic carbocycles. The van der Waals surface area contributed by atoms with Crippen molar-refractivity contribution >= 4 is 21.9 Å². The summed E-state index contributed by atoms with van der Waals surface area (Å²) < 4.78 is 4.05. The highest BCUT2D eigenvalue weighted by Crippen LogP contribution is 2.00. The van der Waals surface area contributed by atoms with Gasteiger partial charge in [0, 0.05) is 20.9 Å². The molecule has 1 atom stereocenters. The molecular formula is C3H4BrNO4. The van der Waals surface area contributed by atoms with E-state index < -0.39 is 15.8 Å². The molecule has 0 aromatic heterocycles. The Bertz CT molecular complexity index is 136. The third-order valence-electron chi connectivity index (χ3n) is 0.581. The number of esters is 1. The van der Waals surface area contributed by atoms with Crippen LogP contribution in [0.1, 0.15) is 0 Å². The van der Waals surface area contributed by atoms with Crippen LogP contribution in [0.5, 0.6) is 0 Å². The molecule has 0 aliphatic rings. The topological polar surface area (TPSA) is 69.4 Å². The van der Waals surface area contributed by atoms with Crippen molar-refractivity contribution in [1.82, 2.24) is 0 Å². The van der Waals surface area contributed by atoms with Gasteiger partial charge in [-0.1, -0.05) is 0 Å². The lowest BCUT2D eigenvalue weighted by Crippen LogP contribution is -2.23. The largest absolute Gasteiger partial charge is 0.463 e. The molecule has 0 aromatic rings. The van der Waals surface area contributed by atoms with E-state index >= 15 is 0 Å². The van der Waals surface area contributed by atoms with Gasteiger partial charge < -0.3 is 4.74 Å². The third-order valence-corrected chi connectivity index (χ3v) is 1.29. The summed E-state index contributed by atoms with van der Waals surface area (Å²) in [4.78, 5) is 17.8. The first-order valence-corrected chi connectivity index (χ1v) is 2.86. The number of nitrogens with zero attached hydrogens (tertiary/aromatic N) is 1. The summed E-state index contributed by atoms with van der Waals surface area (Å²) in [5, 5.41) is 9.76. The predicted molar refractivity (Wildman–Crippen MR) is 31.7 cm³/mol. The van der Waals surface area contributed by atoms with Gasteiger partial charge in [-0.3, -0.25) is 10.1 Å². The average molecular weight is 198 g/mol. The van der Waals surface area contributed by atoms with Gasteiger partial charge >= 0.3 is 10.9 Å². The lowest BCUT2D eigenvalue weighted by Gasteiger charge is -1.96. The predicted octanol–water partition coefficient (Wildman–Crippen LogP) is 0.157. The average Bonchev–Trinajstić information content (AvgIpc) is 1.84. The van der Waals surface area contributed by atoms with E-state index in [1.54, 1.807) is 0 Å². The Hall–Kier alpha value is -0.650. The third kappa shape index (κ3) is 2.41. The molecule has 0 heterocycles. The highest BCUT2D eigenvalue weighted by atomic mass is 79.9. The fraction of sp³-hybridized carbons (Fsp3) is 0.667. The zero-order valence-corrected chi connectivity index (χ0v) is 6.12. The molecule has 0 fully saturated rings. The monoisotopic (exact) mass is 197 g/mol. The highest BCUT2D eigenvalue weighted by Gasteiger charge is 2.25. The van der Waals surface area contributed by atoms with Crippen LogP contribution in [0.15, 0.2) is 0 Å². The van der Waals surface area contributed by atoms with Crippen molar-refractivity contribution < 1.29 is 14.5 Å². The zero-order valence-electron chi connectivity index (χ0n) is 4.54. The van der Waals surface area contributed by atoms with Crippen molar-refractivity contribution in [2.24, 2.45) is 0 Å². The molecule has 0 amide bonds. The normalized spacial score (nSPS) is 12.2. The van der Waals surface area contributed by atoms with Gasteiger partial charge in [0.25, 0.3) is 0 Å². The summed E-state index contributed by atoms with van der Waals surface area (Å²) in [5.41, 5.74) is 0. The van der Waals surface area contributed by atoms with Crippen molar-refractivity contribution in [2.75, 3.05) is 7.11 Å². The van der Waals surface area contributed by atoms with Gasteiger partial charge in [0.05, 0.1) is 7.11 Å². The molecule has 0 aromatic carbocycles. The van der Waals surface area contributed by atoms with Crippen LogP contribution in [-0.2, 0) is 9.53 Å². The number of carbonyl (C=O) groups is 1. The van der Waals surface area contributed by atoms with E-state index in [9.17, 15) is 14.9 Å². The van der Waals surface area contributed by atoms with Crippen molar-refractivity contribution in [3.05, 3.63) is 10.1 Å². The Balaban J connectivity index is 3.88. The number of hydrogen-bond donors (Lipinski definition) is 0. The Kier molecular flexibility index (Phi) is 3.15. The fourth-order valence-corrected chi connectivity index (χ4v) is 0.370. The van der Waals surface area contributed by atoms with E-state index in [1.165, 1.54) is 0 Å². The molecule has 0 saturated carbocycles. The van der Waals surface area contributed by atoms with Crippen molar-refractivity contribution in [2.45, 2.75) is 4.95 Å². The molecule has 0 radical (unpaired) electrons. The van der Waals surface area contributed by atoms with Gasteiger partial charge in [-0.05, 0) is 0 Å². The molecule has 0 bridgehead atoms. The number of nitro groups is 1. The molecule has 9 heavy (non-hydrogen) atoms. The van der Waals surface area contributed by atoms with Gasteiger partial charge in [-0.2, -0.15) is 0 Å². The van der Waals surface area contributed by atoms with E-state index in [-0.39, 0.29) is 0 Å². The van der Waals surface area contributed by atoms with Crippen LogP contribution in [0.3, 0.4) is 0 Å². The second kappa shape index (κ2) is 3.39. The maximum absolute atomic E-state index is 10.2. The maximum atomic E-state index is 10.2. The molecule has 0 rings (SSSR count). The van der Waals surface area contributed by atoms with Gasteiger partial charge in [0.2, 0.25) is 0 Å². The summed E-state index contributed by atoms with van der Waals surface area (Å²) in [5.74, 6) is -0.903. The molecule has 1 unspecified atom stereocenters. The summed E-state index contributed by atoms with van der Waals surface area (Å²) in [6.45, 7) is 0. The molecule has 6 heteroatoms. The number of halogens is 1. The van der Waals surface area contributed by atoms with Crippen LogP contribution in [0.25, 0.3) is 0 Å². The lowest BCUT2D eigenvalue weighted by molar-refractivity contribution is -0.482. The van der Waals surface area contributed by atoms with Crippen LogP contribution in [0.2, 0.25) is 0 Å². The number of methoxy groups -OCH3 is 1. The molecule has 52 valence electrons. The minimum atomic E-state index is -1.44. The van der Waals surface area contributed by atoms with Gasteiger partial charge in [-0.15, -0.1) is 0 Å². The number of rotatable bonds is 2.